The molecule has 0 amide bonds. The summed E-state index contributed by atoms with van der Waals surface area (Å²) in [7, 11) is 0. The zero-order chi connectivity index (χ0) is 14.8. The Labute approximate surface area is 119 Å². The van der Waals surface area contributed by atoms with Gasteiger partial charge in [-0.2, -0.15) is 13.2 Å². The summed E-state index contributed by atoms with van der Waals surface area (Å²) in [6.45, 7) is 3.20. The van der Waals surface area contributed by atoms with Gasteiger partial charge in [-0.05, 0) is 32.6 Å². The Hall–Kier alpha value is -0.940. The summed E-state index contributed by atoms with van der Waals surface area (Å²) in [6.07, 6.45) is 1.94. The third kappa shape index (κ3) is 8.27. The monoisotopic (exact) mass is 293 g/mol. The van der Waals surface area contributed by atoms with Crippen molar-refractivity contribution in [2.75, 3.05) is 13.1 Å². The molecule has 0 aromatic heterocycles. The Morgan fingerprint density at radius 1 is 1.15 bits per heavy atom. The maximum Gasteiger partial charge on any atom is 0.389 e. The van der Waals surface area contributed by atoms with E-state index in [9.17, 15) is 13.2 Å². The summed E-state index contributed by atoms with van der Waals surface area (Å²) >= 11 is 0. The van der Waals surface area contributed by atoms with E-state index in [2.05, 4.69) is 15.6 Å². The molecule has 3 nitrogen and oxygen atoms in total. The summed E-state index contributed by atoms with van der Waals surface area (Å²) in [4.78, 5) is 4.35. The second-order valence-electron chi connectivity index (χ2n) is 5.31. The molecular weight excluding hydrogens is 267 g/mol. The minimum absolute atomic E-state index is 0.149. The van der Waals surface area contributed by atoms with Crippen molar-refractivity contribution in [3.05, 3.63) is 0 Å². The lowest BCUT2D eigenvalue weighted by molar-refractivity contribution is -0.135. The van der Waals surface area contributed by atoms with Crippen LogP contribution in [0.25, 0.3) is 0 Å². The first kappa shape index (κ1) is 17.1. The minimum atomic E-state index is -4.05. The van der Waals surface area contributed by atoms with E-state index in [-0.39, 0.29) is 6.42 Å². The van der Waals surface area contributed by atoms with Crippen LogP contribution in [0.15, 0.2) is 4.99 Å². The smallest absolute Gasteiger partial charge is 0.357 e. The van der Waals surface area contributed by atoms with Gasteiger partial charge in [0.15, 0.2) is 5.96 Å². The van der Waals surface area contributed by atoms with Crippen LogP contribution in [0.3, 0.4) is 0 Å². The van der Waals surface area contributed by atoms with Gasteiger partial charge in [-0.1, -0.05) is 19.3 Å². The van der Waals surface area contributed by atoms with Crippen molar-refractivity contribution in [2.45, 2.75) is 70.5 Å². The third-order valence-electron chi connectivity index (χ3n) is 3.43. The average Bonchev–Trinajstić information content (AvgIpc) is 2.38. The van der Waals surface area contributed by atoms with Crippen molar-refractivity contribution >= 4 is 5.96 Å². The number of alkyl halides is 3. The van der Waals surface area contributed by atoms with Crippen molar-refractivity contribution in [3.63, 3.8) is 0 Å². The number of guanidine groups is 1. The summed E-state index contributed by atoms with van der Waals surface area (Å²) in [6, 6.07) is 0.455. The molecule has 0 heterocycles. The molecule has 0 saturated heterocycles. The molecule has 1 fully saturated rings. The van der Waals surface area contributed by atoms with E-state index in [1.165, 1.54) is 19.3 Å². The lowest BCUT2D eigenvalue weighted by Crippen LogP contribution is -2.44. The van der Waals surface area contributed by atoms with Crippen LogP contribution in [0.4, 0.5) is 13.2 Å². The van der Waals surface area contributed by atoms with Gasteiger partial charge in [0.05, 0.1) is 0 Å². The van der Waals surface area contributed by atoms with Crippen molar-refractivity contribution in [1.82, 2.24) is 10.6 Å². The Bertz CT molecular complexity index is 284. The molecule has 2 N–H and O–H groups in total. The van der Waals surface area contributed by atoms with Crippen LogP contribution in [-0.4, -0.2) is 31.3 Å². The predicted octanol–water partition coefficient (Wildman–Crippen LogP) is 3.61. The zero-order valence-corrected chi connectivity index (χ0v) is 12.2. The van der Waals surface area contributed by atoms with Crippen LogP contribution >= 0.6 is 0 Å². The highest BCUT2D eigenvalue weighted by Crippen LogP contribution is 2.22. The van der Waals surface area contributed by atoms with E-state index in [0.717, 1.165) is 25.3 Å². The molecule has 1 saturated carbocycles. The standard InChI is InChI=1S/C14H26F3N3/c1-2-18-13(20-12-8-4-3-5-9-12)19-11-7-6-10-14(15,16)17/h12H,2-11H2,1H3,(H2,18,19,20). The molecule has 20 heavy (non-hydrogen) atoms. The van der Waals surface area contributed by atoms with Gasteiger partial charge >= 0.3 is 6.18 Å². The number of hydrogen-bond acceptors (Lipinski definition) is 1. The van der Waals surface area contributed by atoms with Gasteiger partial charge in [0.2, 0.25) is 0 Å². The first-order valence-electron chi connectivity index (χ1n) is 7.63. The second kappa shape index (κ2) is 9.08. The van der Waals surface area contributed by atoms with Crippen molar-refractivity contribution in [2.24, 2.45) is 4.99 Å². The molecule has 1 aliphatic rings. The number of aliphatic imine (C=N–C) groups is 1. The van der Waals surface area contributed by atoms with Crippen LogP contribution in [0.5, 0.6) is 0 Å². The van der Waals surface area contributed by atoms with Gasteiger partial charge in [-0.3, -0.25) is 4.99 Å². The number of nitrogens with one attached hydrogen (secondary N) is 2. The normalized spacial score (nSPS) is 18.1. The van der Waals surface area contributed by atoms with Gasteiger partial charge in [0.25, 0.3) is 0 Å². The van der Waals surface area contributed by atoms with Gasteiger partial charge in [0, 0.05) is 25.6 Å². The largest absolute Gasteiger partial charge is 0.389 e. The molecular formula is C14H26F3N3. The number of hydrogen-bond donors (Lipinski definition) is 2. The van der Waals surface area contributed by atoms with Crippen LogP contribution in [0.1, 0.15) is 58.3 Å². The van der Waals surface area contributed by atoms with Crippen LogP contribution in [0, 0.1) is 0 Å². The molecule has 1 aliphatic carbocycles. The Morgan fingerprint density at radius 3 is 2.45 bits per heavy atom. The molecule has 118 valence electrons. The SMILES string of the molecule is CCNC(=NCCCCC(F)(F)F)NC1CCCCC1. The molecule has 0 aliphatic heterocycles. The number of rotatable bonds is 6. The summed E-state index contributed by atoms with van der Waals surface area (Å²) in [5.74, 6) is 0.742. The zero-order valence-electron chi connectivity index (χ0n) is 12.2. The molecule has 0 spiro atoms. The topological polar surface area (TPSA) is 36.4 Å². The summed E-state index contributed by atoms with van der Waals surface area (Å²) in [5, 5.41) is 6.53. The highest BCUT2D eigenvalue weighted by Gasteiger charge is 2.25. The van der Waals surface area contributed by atoms with Gasteiger partial charge in [-0.15, -0.1) is 0 Å². The number of unbranched alkanes of at least 4 members (excludes halogenated alkanes) is 1. The van der Waals surface area contributed by atoms with Crippen LogP contribution in [-0.2, 0) is 0 Å². The van der Waals surface area contributed by atoms with Gasteiger partial charge < -0.3 is 10.6 Å². The fraction of sp³-hybridized carbons (Fsp3) is 0.929. The van der Waals surface area contributed by atoms with Crippen molar-refractivity contribution < 1.29 is 13.2 Å². The maximum atomic E-state index is 12.0. The van der Waals surface area contributed by atoms with E-state index in [0.29, 0.717) is 19.0 Å². The van der Waals surface area contributed by atoms with E-state index in [1.807, 2.05) is 6.92 Å². The molecule has 1 rings (SSSR count). The van der Waals surface area contributed by atoms with Crippen LogP contribution in [0.2, 0.25) is 0 Å². The fourth-order valence-corrected chi connectivity index (χ4v) is 2.39. The second-order valence-corrected chi connectivity index (χ2v) is 5.31. The molecule has 0 atom stereocenters. The van der Waals surface area contributed by atoms with Gasteiger partial charge in [-0.25, -0.2) is 0 Å². The predicted molar refractivity (Wildman–Crippen MR) is 75.9 cm³/mol. The minimum Gasteiger partial charge on any atom is -0.357 e. The lowest BCUT2D eigenvalue weighted by atomic mass is 9.96. The quantitative estimate of drug-likeness (QED) is 0.446. The first-order valence-corrected chi connectivity index (χ1v) is 7.63. The van der Waals surface area contributed by atoms with Gasteiger partial charge in [0.1, 0.15) is 0 Å². The summed E-state index contributed by atoms with van der Waals surface area (Å²) in [5.41, 5.74) is 0. The Kier molecular flexibility index (Phi) is 7.77. The average molecular weight is 293 g/mol. The molecule has 0 bridgehead atoms. The number of nitrogens with zero attached hydrogens (tertiary/aromatic N) is 1. The molecule has 0 radical (unpaired) electrons. The van der Waals surface area contributed by atoms with Crippen molar-refractivity contribution in [1.29, 1.82) is 0 Å². The van der Waals surface area contributed by atoms with Crippen molar-refractivity contribution in [3.8, 4) is 0 Å². The number of halogens is 3. The lowest BCUT2D eigenvalue weighted by Gasteiger charge is -2.24. The Balaban J connectivity index is 2.26. The van der Waals surface area contributed by atoms with E-state index in [1.54, 1.807) is 0 Å². The molecule has 0 unspecified atom stereocenters. The fourth-order valence-electron chi connectivity index (χ4n) is 2.39. The van der Waals surface area contributed by atoms with E-state index < -0.39 is 12.6 Å². The summed E-state index contributed by atoms with van der Waals surface area (Å²) < 4.78 is 36.0. The highest BCUT2D eigenvalue weighted by atomic mass is 19.4. The molecule has 6 heteroatoms. The Morgan fingerprint density at radius 2 is 1.85 bits per heavy atom. The maximum absolute atomic E-state index is 12.0. The molecule has 0 aromatic carbocycles. The molecule has 0 aromatic rings. The van der Waals surface area contributed by atoms with E-state index >= 15 is 0 Å². The highest BCUT2D eigenvalue weighted by molar-refractivity contribution is 5.80. The third-order valence-corrected chi connectivity index (χ3v) is 3.43. The first-order chi connectivity index (χ1) is 9.51. The van der Waals surface area contributed by atoms with Crippen LogP contribution < -0.4 is 10.6 Å². The van der Waals surface area contributed by atoms with E-state index in [4.69, 9.17) is 0 Å².